The van der Waals surface area contributed by atoms with Gasteiger partial charge in [-0.3, -0.25) is 4.79 Å². The fourth-order valence-corrected chi connectivity index (χ4v) is 4.72. The number of nitrogens with one attached hydrogen (secondary N) is 1. The minimum absolute atomic E-state index is 0.0822. The summed E-state index contributed by atoms with van der Waals surface area (Å²) < 4.78 is 30.2. The highest BCUT2D eigenvalue weighted by molar-refractivity contribution is 7.89. The predicted molar refractivity (Wildman–Crippen MR) is 118 cm³/mol. The Morgan fingerprint density at radius 1 is 0.900 bits per heavy atom. The van der Waals surface area contributed by atoms with E-state index < -0.39 is 10.0 Å². The predicted octanol–water partition coefficient (Wildman–Crippen LogP) is 3.35. The molecule has 0 spiro atoms. The van der Waals surface area contributed by atoms with Crippen molar-refractivity contribution in [3.05, 3.63) is 94.9 Å². The number of aromatic nitrogens is 2. The molecule has 1 aromatic heterocycles. The van der Waals surface area contributed by atoms with E-state index in [0.29, 0.717) is 22.3 Å². The van der Waals surface area contributed by atoms with Crippen molar-refractivity contribution in [2.45, 2.75) is 18.4 Å². The van der Waals surface area contributed by atoms with Crippen molar-refractivity contribution < 1.29 is 8.42 Å². The van der Waals surface area contributed by atoms with E-state index in [4.69, 9.17) is 0 Å². The molecule has 6 nitrogen and oxygen atoms in total. The number of hydrogen-bond acceptors (Lipinski definition) is 4. The second-order valence-corrected chi connectivity index (χ2v) is 8.64. The molecule has 30 heavy (non-hydrogen) atoms. The van der Waals surface area contributed by atoms with E-state index in [2.05, 4.69) is 9.71 Å². The fraction of sp³-hybridized carbons (Fsp3) is 0.130. The maximum Gasteiger partial charge on any atom is 0.272 e. The van der Waals surface area contributed by atoms with E-state index in [1.165, 1.54) is 0 Å². The van der Waals surface area contributed by atoms with E-state index in [-0.39, 0.29) is 23.5 Å². The third-order valence-corrected chi connectivity index (χ3v) is 6.42. The summed E-state index contributed by atoms with van der Waals surface area (Å²) >= 11 is 0. The zero-order valence-corrected chi connectivity index (χ0v) is 17.3. The molecule has 152 valence electrons. The summed E-state index contributed by atoms with van der Waals surface area (Å²) in [7, 11) is -3.77. The standard InChI is InChI=1S/C23H21N3O3S/c1-17-23(27)26(21-13-7-6-12-20(21)25-17)16-15-24-30(28,29)22-14-8-5-11-19(22)18-9-3-2-4-10-18/h2-14,24H,15-16H2,1H3. The van der Waals surface area contributed by atoms with Crippen molar-refractivity contribution in [3.63, 3.8) is 0 Å². The average molecular weight is 420 g/mol. The number of rotatable bonds is 6. The van der Waals surface area contributed by atoms with Crippen molar-refractivity contribution in [2.24, 2.45) is 0 Å². The van der Waals surface area contributed by atoms with Gasteiger partial charge >= 0.3 is 0 Å². The quantitative estimate of drug-likeness (QED) is 0.520. The summed E-state index contributed by atoms with van der Waals surface area (Å²) in [4.78, 5) is 17.1. The van der Waals surface area contributed by atoms with Crippen LogP contribution in [0.3, 0.4) is 0 Å². The van der Waals surface area contributed by atoms with E-state index in [0.717, 1.165) is 5.56 Å². The lowest BCUT2D eigenvalue weighted by molar-refractivity contribution is 0.572. The van der Waals surface area contributed by atoms with Gasteiger partial charge in [0.15, 0.2) is 0 Å². The van der Waals surface area contributed by atoms with Gasteiger partial charge < -0.3 is 4.57 Å². The summed E-state index contributed by atoms with van der Waals surface area (Å²) in [5.41, 5.74) is 2.99. The first-order valence-electron chi connectivity index (χ1n) is 9.58. The zero-order chi connectivity index (χ0) is 21.1. The lowest BCUT2D eigenvalue weighted by Gasteiger charge is -2.14. The maximum atomic E-state index is 13.0. The molecule has 0 saturated carbocycles. The summed E-state index contributed by atoms with van der Waals surface area (Å²) in [5.74, 6) is 0. The Morgan fingerprint density at radius 3 is 2.37 bits per heavy atom. The van der Waals surface area contributed by atoms with Crippen LogP contribution in [-0.2, 0) is 16.6 Å². The molecule has 0 amide bonds. The van der Waals surface area contributed by atoms with Gasteiger partial charge in [0.25, 0.3) is 5.56 Å². The van der Waals surface area contributed by atoms with Crippen LogP contribution in [0.25, 0.3) is 22.2 Å². The van der Waals surface area contributed by atoms with Gasteiger partial charge in [-0.05, 0) is 30.7 Å². The Balaban J connectivity index is 1.61. The van der Waals surface area contributed by atoms with Crippen molar-refractivity contribution in [2.75, 3.05) is 6.54 Å². The van der Waals surface area contributed by atoms with Gasteiger partial charge in [-0.25, -0.2) is 18.1 Å². The summed E-state index contributed by atoms with van der Waals surface area (Å²) in [6.45, 7) is 1.94. The Bertz CT molecular complexity index is 1360. The molecular weight excluding hydrogens is 398 g/mol. The number of fused-ring (bicyclic) bond motifs is 1. The first-order chi connectivity index (χ1) is 14.5. The van der Waals surface area contributed by atoms with Crippen LogP contribution in [0.15, 0.2) is 88.6 Å². The molecular formula is C23H21N3O3S. The normalized spacial score (nSPS) is 11.6. The van der Waals surface area contributed by atoms with Crippen LogP contribution in [-0.4, -0.2) is 24.5 Å². The maximum absolute atomic E-state index is 13.0. The van der Waals surface area contributed by atoms with Gasteiger partial charge in [0.2, 0.25) is 10.0 Å². The van der Waals surface area contributed by atoms with Crippen molar-refractivity contribution >= 4 is 21.1 Å². The second-order valence-electron chi connectivity index (χ2n) is 6.90. The number of sulfonamides is 1. The van der Waals surface area contributed by atoms with E-state index in [9.17, 15) is 13.2 Å². The van der Waals surface area contributed by atoms with Gasteiger partial charge in [0.05, 0.1) is 15.9 Å². The highest BCUT2D eigenvalue weighted by Crippen LogP contribution is 2.26. The van der Waals surface area contributed by atoms with Crippen LogP contribution < -0.4 is 10.3 Å². The molecule has 0 aliphatic heterocycles. The summed E-state index contributed by atoms with van der Waals surface area (Å²) in [6.07, 6.45) is 0. The number of aryl methyl sites for hydroxylation is 1. The molecule has 0 radical (unpaired) electrons. The van der Waals surface area contributed by atoms with Crippen LogP contribution >= 0.6 is 0 Å². The molecule has 0 aliphatic rings. The molecule has 0 fully saturated rings. The van der Waals surface area contributed by atoms with Crippen molar-refractivity contribution in [1.82, 2.24) is 14.3 Å². The fourth-order valence-electron chi connectivity index (χ4n) is 3.47. The van der Waals surface area contributed by atoms with Crippen LogP contribution in [0.2, 0.25) is 0 Å². The second kappa shape index (κ2) is 8.22. The number of benzene rings is 3. The highest BCUT2D eigenvalue weighted by Gasteiger charge is 2.19. The lowest BCUT2D eigenvalue weighted by Crippen LogP contribution is -2.32. The molecule has 4 aromatic rings. The monoisotopic (exact) mass is 419 g/mol. The van der Waals surface area contributed by atoms with E-state index in [1.54, 1.807) is 29.7 Å². The Morgan fingerprint density at radius 2 is 1.57 bits per heavy atom. The molecule has 1 N–H and O–H groups in total. The molecule has 0 atom stereocenters. The number of para-hydroxylation sites is 2. The lowest BCUT2D eigenvalue weighted by atomic mass is 10.1. The van der Waals surface area contributed by atoms with Gasteiger partial charge in [-0.2, -0.15) is 0 Å². The Kier molecular flexibility index (Phi) is 5.48. The zero-order valence-electron chi connectivity index (χ0n) is 16.4. The minimum Gasteiger partial charge on any atom is -0.304 e. The van der Waals surface area contributed by atoms with Crippen molar-refractivity contribution in [1.29, 1.82) is 0 Å². The van der Waals surface area contributed by atoms with Crippen molar-refractivity contribution in [3.8, 4) is 11.1 Å². The Labute approximate surface area is 174 Å². The largest absolute Gasteiger partial charge is 0.304 e. The summed E-state index contributed by atoms with van der Waals surface area (Å²) in [6, 6.07) is 23.6. The van der Waals surface area contributed by atoms with Gasteiger partial charge in [0, 0.05) is 18.7 Å². The van der Waals surface area contributed by atoms with Gasteiger partial charge in [-0.1, -0.05) is 60.7 Å². The molecule has 4 rings (SSSR count). The molecule has 0 saturated heterocycles. The SMILES string of the molecule is Cc1nc2ccccc2n(CCNS(=O)(=O)c2ccccc2-c2ccccc2)c1=O. The molecule has 0 bridgehead atoms. The van der Waals surface area contributed by atoms with Crippen LogP contribution in [0, 0.1) is 6.92 Å². The van der Waals surface area contributed by atoms with E-state index >= 15 is 0 Å². The molecule has 7 heteroatoms. The minimum atomic E-state index is -3.77. The van der Waals surface area contributed by atoms with Crippen LogP contribution in [0.5, 0.6) is 0 Å². The van der Waals surface area contributed by atoms with Crippen LogP contribution in [0.1, 0.15) is 5.69 Å². The first kappa shape index (κ1) is 20.0. The highest BCUT2D eigenvalue weighted by atomic mass is 32.2. The number of hydrogen-bond donors (Lipinski definition) is 1. The summed E-state index contributed by atoms with van der Waals surface area (Å²) in [5, 5.41) is 0. The molecule has 0 aliphatic carbocycles. The smallest absolute Gasteiger partial charge is 0.272 e. The first-order valence-corrected chi connectivity index (χ1v) is 11.1. The third-order valence-electron chi connectivity index (χ3n) is 4.90. The number of nitrogens with zero attached hydrogens (tertiary/aromatic N) is 2. The molecule has 0 unspecified atom stereocenters. The molecule has 1 heterocycles. The third kappa shape index (κ3) is 3.90. The molecule has 3 aromatic carbocycles. The van der Waals surface area contributed by atoms with Crippen LogP contribution in [0.4, 0.5) is 0 Å². The van der Waals surface area contributed by atoms with Gasteiger partial charge in [0.1, 0.15) is 5.69 Å². The Hall–Kier alpha value is -3.29. The van der Waals surface area contributed by atoms with E-state index in [1.807, 2.05) is 60.7 Å². The topological polar surface area (TPSA) is 81.1 Å². The average Bonchev–Trinajstić information content (AvgIpc) is 2.77. The van der Waals surface area contributed by atoms with Gasteiger partial charge in [-0.15, -0.1) is 0 Å².